The first-order valence-electron chi connectivity index (χ1n) is 6.86. The highest BCUT2D eigenvalue weighted by atomic mass is 79.9. The summed E-state index contributed by atoms with van der Waals surface area (Å²) in [5.41, 5.74) is 2.01. The van der Waals surface area contributed by atoms with Crippen LogP contribution < -0.4 is 10.1 Å². The van der Waals surface area contributed by atoms with Crippen molar-refractivity contribution in [1.29, 1.82) is 0 Å². The standard InChI is InChI=1S/C16H18BrClN2O/c1-3-19-11(2)12-4-7-16(15(18)8-12)21-10-14-6-5-13(17)9-20-14/h4-9,11,19H,3,10H2,1-2H3. The van der Waals surface area contributed by atoms with Gasteiger partial charge in [0.05, 0.1) is 10.7 Å². The van der Waals surface area contributed by atoms with Gasteiger partial charge in [0, 0.05) is 16.7 Å². The van der Waals surface area contributed by atoms with Crippen molar-refractivity contribution in [3.63, 3.8) is 0 Å². The normalized spacial score (nSPS) is 12.2. The topological polar surface area (TPSA) is 34.1 Å². The van der Waals surface area contributed by atoms with E-state index in [4.69, 9.17) is 16.3 Å². The molecule has 0 saturated carbocycles. The summed E-state index contributed by atoms with van der Waals surface area (Å²) < 4.78 is 6.68. The third kappa shape index (κ3) is 4.70. The number of nitrogens with zero attached hydrogens (tertiary/aromatic N) is 1. The molecular formula is C16H18BrClN2O. The minimum absolute atomic E-state index is 0.273. The number of hydrogen-bond donors (Lipinski definition) is 1. The zero-order valence-electron chi connectivity index (χ0n) is 12.1. The molecule has 1 aromatic carbocycles. The van der Waals surface area contributed by atoms with Gasteiger partial charge in [-0.05, 0) is 59.2 Å². The number of aromatic nitrogens is 1. The van der Waals surface area contributed by atoms with Gasteiger partial charge in [0.1, 0.15) is 12.4 Å². The van der Waals surface area contributed by atoms with Crippen LogP contribution in [0.2, 0.25) is 5.02 Å². The Morgan fingerprint density at radius 1 is 1.33 bits per heavy atom. The molecular weight excluding hydrogens is 352 g/mol. The molecule has 0 aliphatic rings. The van der Waals surface area contributed by atoms with Crippen LogP contribution in [-0.4, -0.2) is 11.5 Å². The smallest absolute Gasteiger partial charge is 0.138 e. The first kappa shape index (κ1) is 16.3. The largest absolute Gasteiger partial charge is 0.486 e. The predicted octanol–water partition coefficient (Wildman–Crippen LogP) is 4.75. The fraction of sp³-hybridized carbons (Fsp3) is 0.312. The average molecular weight is 370 g/mol. The van der Waals surface area contributed by atoms with Crippen molar-refractivity contribution < 1.29 is 4.74 Å². The lowest BCUT2D eigenvalue weighted by atomic mass is 10.1. The summed E-state index contributed by atoms with van der Waals surface area (Å²) in [5, 5.41) is 3.98. The van der Waals surface area contributed by atoms with E-state index in [-0.39, 0.29) is 6.04 Å². The van der Waals surface area contributed by atoms with E-state index in [0.29, 0.717) is 17.4 Å². The van der Waals surface area contributed by atoms with Gasteiger partial charge in [-0.3, -0.25) is 4.98 Å². The number of benzene rings is 1. The Morgan fingerprint density at radius 2 is 2.14 bits per heavy atom. The number of ether oxygens (including phenoxy) is 1. The lowest BCUT2D eigenvalue weighted by Gasteiger charge is -2.14. The molecule has 5 heteroatoms. The molecule has 0 saturated heterocycles. The molecule has 1 N–H and O–H groups in total. The Kier molecular flexibility index (Phi) is 6.03. The van der Waals surface area contributed by atoms with Gasteiger partial charge in [0.25, 0.3) is 0 Å². The van der Waals surface area contributed by atoms with Crippen molar-refractivity contribution in [1.82, 2.24) is 10.3 Å². The van der Waals surface area contributed by atoms with Crippen molar-refractivity contribution in [2.75, 3.05) is 6.54 Å². The lowest BCUT2D eigenvalue weighted by Crippen LogP contribution is -2.17. The highest BCUT2D eigenvalue weighted by Gasteiger charge is 2.08. The molecule has 0 bridgehead atoms. The maximum atomic E-state index is 6.28. The zero-order valence-corrected chi connectivity index (χ0v) is 14.4. The fourth-order valence-corrected chi connectivity index (χ4v) is 2.45. The molecule has 0 amide bonds. The Balaban J connectivity index is 2.02. The van der Waals surface area contributed by atoms with Crippen molar-refractivity contribution in [2.45, 2.75) is 26.5 Å². The Labute approximate surface area is 138 Å². The van der Waals surface area contributed by atoms with Gasteiger partial charge in [0.2, 0.25) is 0 Å². The van der Waals surface area contributed by atoms with Crippen LogP contribution in [0.5, 0.6) is 5.75 Å². The van der Waals surface area contributed by atoms with Crippen LogP contribution in [0.4, 0.5) is 0 Å². The summed E-state index contributed by atoms with van der Waals surface area (Å²) in [6, 6.07) is 10.0. The number of nitrogens with one attached hydrogen (secondary N) is 1. The van der Waals surface area contributed by atoms with Gasteiger partial charge in [0.15, 0.2) is 0 Å². The summed E-state index contributed by atoms with van der Waals surface area (Å²) in [5.74, 6) is 0.675. The summed E-state index contributed by atoms with van der Waals surface area (Å²) >= 11 is 9.64. The highest BCUT2D eigenvalue weighted by molar-refractivity contribution is 9.10. The van der Waals surface area contributed by atoms with Gasteiger partial charge in [-0.1, -0.05) is 24.6 Å². The Bertz CT molecular complexity index is 589. The molecule has 21 heavy (non-hydrogen) atoms. The van der Waals surface area contributed by atoms with Crippen molar-refractivity contribution in [3.8, 4) is 5.75 Å². The number of rotatable bonds is 6. The maximum Gasteiger partial charge on any atom is 0.138 e. The SMILES string of the molecule is CCNC(C)c1ccc(OCc2ccc(Br)cn2)c(Cl)c1. The molecule has 1 heterocycles. The van der Waals surface area contributed by atoms with Crippen LogP contribution in [0.1, 0.15) is 31.1 Å². The van der Waals surface area contributed by atoms with Gasteiger partial charge < -0.3 is 10.1 Å². The van der Waals surface area contributed by atoms with Gasteiger partial charge >= 0.3 is 0 Å². The van der Waals surface area contributed by atoms with E-state index in [9.17, 15) is 0 Å². The van der Waals surface area contributed by atoms with Gasteiger partial charge in [-0.15, -0.1) is 0 Å². The van der Waals surface area contributed by atoms with Crippen LogP contribution in [-0.2, 0) is 6.61 Å². The quantitative estimate of drug-likeness (QED) is 0.798. The molecule has 2 rings (SSSR count). The number of halogens is 2. The second-order valence-electron chi connectivity index (χ2n) is 4.73. The van der Waals surface area contributed by atoms with Crippen molar-refractivity contribution in [3.05, 3.63) is 57.3 Å². The minimum Gasteiger partial charge on any atom is -0.486 e. The molecule has 0 aliphatic heterocycles. The molecule has 0 radical (unpaired) electrons. The first-order chi connectivity index (χ1) is 10.1. The van der Waals surface area contributed by atoms with Crippen LogP contribution in [0.3, 0.4) is 0 Å². The molecule has 0 fully saturated rings. The molecule has 0 spiro atoms. The predicted molar refractivity (Wildman–Crippen MR) is 89.8 cm³/mol. The lowest BCUT2D eigenvalue weighted by molar-refractivity contribution is 0.301. The summed E-state index contributed by atoms with van der Waals surface area (Å²) in [6.45, 7) is 5.52. The van der Waals surface area contributed by atoms with Crippen LogP contribution in [0.25, 0.3) is 0 Å². The van der Waals surface area contributed by atoms with E-state index in [1.807, 2.05) is 30.3 Å². The van der Waals surface area contributed by atoms with E-state index in [1.54, 1.807) is 6.20 Å². The second kappa shape index (κ2) is 7.78. The molecule has 1 atom stereocenters. The average Bonchev–Trinajstić information content (AvgIpc) is 2.48. The molecule has 1 aromatic heterocycles. The van der Waals surface area contributed by atoms with E-state index >= 15 is 0 Å². The Morgan fingerprint density at radius 3 is 2.76 bits per heavy atom. The van der Waals surface area contributed by atoms with E-state index in [1.165, 1.54) is 0 Å². The summed E-state index contributed by atoms with van der Waals surface area (Å²) in [6.07, 6.45) is 1.75. The van der Waals surface area contributed by atoms with E-state index in [2.05, 4.69) is 40.1 Å². The fourth-order valence-electron chi connectivity index (χ4n) is 1.97. The highest BCUT2D eigenvalue weighted by Crippen LogP contribution is 2.28. The molecule has 112 valence electrons. The first-order valence-corrected chi connectivity index (χ1v) is 8.03. The van der Waals surface area contributed by atoms with Crippen molar-refractivity contribution in [2.24, 2.45) is 0 Å². The van der Waals surface area contributed by atoms with Crippen LogP contribution in [0, 0.1) is 0 Å². The summed E-state index contributed by atoms with van der Waals surface area (Å²) in [7, 11) is 0. The molecule has 2 aromatic rings. The van der Waals surface area contributed by atoms with E-state index in [0.717, 1.165) is 22.3 Å². The Hall–Kier alpha value is -1.10. The zero-order chi connectivity index (χ0) is 15.2. The van der Waals surface area contributed by atoms with Gasteiger partial charge in [-0.2, -0.15) is 0 Å². The third-order valence-electron chi connectivity index (χ3n) is 3.13. The maximum absolute atomic E-state index is 6.28. The third-order valence-corrected chi connectivity index (χ3v) is 3.89. The molecule has 1 unspecified atom stereocenters. The van der Waals surface area contributed by atoms with Gasteiger partial charge in [-0.25, -0.2) is 0 Å². The number of hydrogen-bond acceptors (Lipinski definition) is 3. The molecule has 3 nitrogen and oxygen atoms in total. The minimum atomic E-state index is 0.273. The van der Waals surface area contributed by atoms with Crippen LogP contribution >= 0.6 is 27.5 Å². The van der Waals surface area contributed by atoms with Crippen molar-refractivity contribution >= 4 is 27.5 Å². The van der Waals surface area contributed by atoms with E-state index < -0.39 is 0 Å². The van der Waals surface area contributed by atoms with Crippen LogP contribution in [0.15, 0.2) is 41.0 Å². The summed E-state index contributed by atoms with van der Waals surface area (Å²) in [4.78, 5) is 4.27. The monoisotopic (exact) mass is 368 g/mol. The number of pyridine rings is 1. The molecule has 0 aliphatic carbocycles. The second-order valence-corrected chi connectivity index (χ2v) is 6.05.